The van der Waals surface area contributed by atoms with Gasteiger partial charge in [-0.15, -0.1) is 0 Å². The second-order valence-corrected chi connectivity index (χ2v) is 10.0. The van der Waals surface area contributed by atoms with Crippen molar-refractivity contribution in [2.24, 2.45) is 0 Å². The Kier molecular flexibility index (Phi) is 9.33. The number of nitrogens with one attached hydrogen (secondary N) is 1. The Hall–Kier alpha value is -4.17. The van der Waals surface area contributed by atoms with Crippen molar-refractivity contribution in [2.45, 2.75) is 31.3 Å². The first-order valence-corrected chi connectivity index (χ1v) is 13.1. The van der Waals surface area contributed by atoms with E-state index in [4.69, 9.17) is 4.74 Å². The Balaban J connectivity index is 1.46. The topological polar surface area (TPSA) is 99.2 Å². The number of hydrogen-bond donors (Lipinski definition) is 2. The van der Waals surface area contributed by atoms with Crippen molar-refractivity contribution in [3.05, 3.63) is 95.6 Å². The van der Waals surface area contributed by atoms with Crippen molar-refractivity contribution in [3.8, 4) is 11.1 Å². The molecule has 1 unspecified atom stereocenters. The summed E-state index contributed by atoms with van der Waals surface area (Å²) in [6, 6.07) is 24.7. The summed E-state index contributed by atoms with van der Waals surface area (Å²) in [7, 11) is 3.78. The summed E-state index contributed by atoms with van der Waals surface area (Å²) in [5, 5.41) is 12.0. The van der Waals surface area contributed by atoms with Crippen LogP contribution in [0.25, 0.3) is 11.1 Å². The first-order chi connectivity index (χ1) is 18.8. The maximum atomic E-state index is 13.6. The summed E-state index contributed by atoms with van der Waals surface area (Å²) in [5.74, 6) is -1.42. The molecule has 2 N–H and O–H groups in total. The predicted molar refractivity (Wildman–Crippen MR) is 149 cm³/mol. The van der Waals surface area contributed by atoms with Gasteiger partial charge < -0.3 is 25.0 Å². The molecular formula is C31H35N3O5. The molecule has 0 heterocycles. The van der Waals surface area contributed by atoms with E-state index in [2.05, 4.69) is 29.6 Å². The maximum absolute atomic E-state index is 13.6. The quantitative estimate of drug-likeness (QED) is 0.362. The van der Waals surface area contributed by atoms with Crippen LogP contribution < -0.4 is 5.32 Å². The van der Waals surface area contributed by atoms with Crippen molar-refractivity contribution in [1.29, 1.82) is 0 Å². The second-order valence-electron chi connectivity index (χ2n) is 10.0. The number of fused-ring (bicyclic) bond motifs is 3. The molecule has 204 valence electrons. The van der Waals surface area contributed by atoms with Gasteiger partial charge in [0.1, 0.15) is 12.6 Å². The molecule has 0 aliphatic heterocycles. The van der Waals surface area contributed by atoms with E-state index in [1.54, 1.807) is 0 Å². The number of alkyl carbamates (subject to hydrolysis) is 1. The number of carbonyl (C=O) groups excluding carboxylic acids is 2. The Labute approximate surface area is 229 Å². The summed E-state index contributed by atoms with van der Waals surface area (Å²) in [5.41, 5.74) is 5.36. The number of carboxylic acid groups (broad SMARTS) is 1. The number of carbonyl (C=O) groups is 3. The fourth-order valence-electron chi connectivity index (χ4n) is 4.95. The minimum absolute atomic E-state index is 0.0356. The van der Waals surface area contributed by atoms with Crippen LogP contribution in [0.15, 0.2) is 78.9 Å². The third-order valence-electron chi connectivity index (χ3n) is 6.92. The number of hydrogen-bond acceptors (Lipinski definition) is 5. The lowest BCUT2D eigenvalue weighted by Crippen LogP contribution is -2.50. The minimum Gasteiger partial charge on any atom is -0.481 e. The average molecular weight is 530 g/mol. The summed E-state index contributed by atoms with van der Waals surface area (Å²) < 4.78 is 5.69. The van der Waals surface area contributed by atoms with E-state index in [1.165, 1.54) is 4.90 Å². The summed E-state index contributed by atoms with van der Waals surface area (Å²) in [4.78, 5) is 41.4. The summed E-state index contributed by atoms with van der Waals surface area (Å²) in [6.07, 6.45) is -0.509. The van der Waals surface area contributed by atoms with Crippen LogP contribution in [0.3, 0.4) is 0 Å². The second kappa shape index (κ2) is 13.1. The standard InChI is InChI=1S/C31H35N3O5/c1-33(2)18-16-28(30(37)34(19-17-29(35)36)20-22-10-4-3-5-11-22)32-31(38)39-21-27-25-14-8-6-12-23(25)24-13-7-9-15-26(24)27/h3-15,27-28H,16-21H2,1-2H3,(H,32,38)(H,35,36). The van der Waals surface area contributed by atoms with Crippen LogP contribution in [-0.4, -0.2) is 72.7 Å². The largest absolute Gasteiger partial charge is 0.481 e. The fourth-order valence-corrected chi connectivity index (χ4v) is 4.95. The zero-order chi connectivity index (χ0) is 27.8. The average Bonchev–Trinajstić information content (AvgIpc) is 3.25. The van der Waals surface area contributed by atoms with Crippen molar-refractivity contribution < 1.29 is 24.2 Å². The van der Waals surface area contributed by atoms with Gasteiger partial charge in [0.25, 0.3) is 0 Å². The summed E-state index contributed by atoms with van der Waals surface area (Å²) >= 11 is 0. The van der Waals surface area contributed by atoms with E-state index in [1.807, 2.05) is 73.6 Å². The van der Waals surface area contributed by atoms with Gasteiger partial charge in [-0.25, -0.2) is 4.79 Å². The highest BCUT2D eigenvalue weighted by Gasteiger charge is 2.31. The van der Waals surface area contributed by atoms with E-state index < -0.39 is 18.1 Å². The van der Waals surface area contributed by atoms with Crippen LogP contribution in [0.5, 0.6) is 0 Å². The lowest BCUT2D eigenvalue weighted by atomic mass is 9.98. The zero-order valence-electron chi connectivity index (χ0n) is 22.4. The highest BCUT2D eigenvalue weighted by molar-refractivity contribution is 5.86. The lowest BCUT2D eigenvalue weighted by Gasteiger charge is -2.28. The SMILES string of the molecule is CN(C)CCC(NC(=O)OCC1c2ccccc2-c2ccccc21)C(=O)N(CCC(=O)O)Cc1ccccc1. The van der Waals surface area contributed by atoms with Crippen LogP contribution in [0.1, 0.15) is 35.4 Å². The molecule has 0 saturated heterocycles. The molecule has 1 aliphatic carbocycles. The Morgan fingerprint density at radius 1 is 0.872 bits per heavy atom. The van der Waals surface area contributed by atoms with Gasteiger partial charge in [-0.05, 0) is 54.9 Å². The molecule has 4 rings (SSSR count). The van der Waals surface area contributed by atoms with Gasteiger partial charge in [-0.1, -0.05) is 78.9 Å². The monoisotopic (exact) mass is 529 g/mol. The highest BCUT2D eigenvalue weighted by Crippen LogP contribution is 2.44. The maximum Gasteiger partial charge on any atom is 0.407 e. The Bertz CT molecular complexity index is 1250. The Morgan fingerprint density at radius 2 is 1.46 bits per heavy atom. The minimum atomic E-state index is -0.991. The van der Waals surface area contributed by atoms with Gasteiger partial charge in [-0.2, -0.15) is 0 Å². The van der Waals surface area contributed by atoms with Crippen LogP contribution in [0.4, 0.5) is 4.79 Å². The first kappa shape index (κ1) is 27.9. The molecular weight excluding hydrogens is 494 g/mol. The number of amides is 2. The van der Waals surface area contributed by atoms with Gasteiger partial charge in [0.2, 0.25) is 5.91 Å². The van der Waals surface area contributed by atoms with E-state index in [9.17, 15) is 19.5 Å². The van der Waals surface area contributed by atoms with E-state index in [0.717, 1.165) is 27.8 Å². The highest BCUT2D eigenvalue weighted by atomic mass is 16.5. The molecule has 8 nitrogen and oxygen atoms in total. The van der Waals surface area contributed by atoms with E-state index >= 15 is 0 Å². The number of rotatable bonds is 12. The molecule has 0 fully saturated rings. The van der Waals surface area contributed by atoms with Gasteiger partial charge in [0.05, 0.1) is 6.42 Å². The molecule has 3 aromatic rings. The van der Waals surface area contributed by atoms with Gasteiger partial charge in [0, 0.05) is 19.0 Å². The van der Waals surface area contributed by atoms with Crippen molar-refractivity contribution in [3.63, 3.8) is 0 Å². The third-order valence-corrected chi connectivity index (χ3v) is 6.92. The molecule has 0 saturated carbocycles. The van der Waals surface area contributed by atoms with Gasteiger partial charge >= 0.3 is 12.1 Å². The molecule has 2 amide bonds. The molecule has 1 aliphatic rings. The Morgan fingerprint density at radius 3 is 2.05 bits per heavy atom. The van der Waals surface area contributed by atoms with E-state index in [-0.39, 0.29) is 37.9 Å². The van der Waals surface area contributed by atoms with Crippen molar-refractivity contribution in [1.82, 2.24) is 15.1 Å². The molecule has 0 radical (unpaired) electrons. The molecule has 0 aromatic heterocycles. The van der Waals surface area contributed by atoms with Crippen LogP contribution in [0.2, 0.25) is 0 Å². The molecule has 8 heteroatoms. The molecule has 39 heavy (non-hydrogen) atoms. The number of benzene rings is 3. The predicted octanol–water partition coefficient (Wildman–Crippen LogP) is 4.35. The number of carboxylic acids is 1. The summed E-state index contributed by atoms with van der Waals surface area (Å²) in [6.45, 7) is 0.977. The normalized spacial score (nSPS) is 12.9. The number of nitrogens with zero attached hydrogens (tertiary/aromatic N) is 2. The van der Waals surface area contributed by atoms with E-state index in [0.29, 0.717) is 13.0 Å². The zero-order valence-corrected chi connectivity index (χ0v) is 22.4. The number of aliphatic carboxylic acids is 1. The molecule has 0 spiro atoms. The van der Waals surface area contributed by atoms with Crippen LogP contribution in [0, 0.1) is 0 Å². The third kappa shape index (κ3) is 7.23. The fraction of sp³-hybridized carbons (Fsp3) is 0.323. The van der Waals surface area contributed by atoms with Crippen LogP contribution in [-0.2, 0) is 20.9 Å². The van der Waals surface area contributed by atoms with Gasteiger partial charge in [-0.3, -0.25) is 9.59 Å². The molecule has 0 bridgehead atoms. The van der Waals surface area contributed by atoms with Crippen molar-refractivity contribution in [2.75, 3.05) is 33.8 Å². The van der Waals surface area contributed by atoms with Crippen molar-refractivity contribution >= 4 is 18.0 Å². The first-order valence-electron chi connectivity index (χ1n) is 13.1. The van der Waals surface area contributed by atoms with Gasteiger partial charge in [0.15, 0.2) is 0 Å². The van der Waals surface area contributed by atoms with Crippen LogP contribution >= 0.6 is 0 Å². The number of ether oxygens (including phenoxy) is 1. The smallest absolute Gasteiger partial charge is 0.407 e. The molecule has 3 aromatic carbocycles. The molecule has 1 atom stereocenters. The lowest BCUT2D eigenvalue weighted by molar-refractivity contribution is -0.139.